The molecule has 0 bridgehead atoms. The predicted molar refractivity (Wildman–Crippen MR) is 82.6 cm³/mol. The molecule has 1 aliphatic heterocycles. The van der Waals surface area contributed by atoms with Crippen LogP contribution in [-0.4, -0.2) is 48.4 Å². The molecule has 1 aliphatic rings. The first-order chi connectivity index (χ1) is 9.90. The van der Waals surface area contributed by atoms with E-state index in [2.05, 4.69) is 5.32 Å². The van der Waals surface area contributed by atoms with E-state index in [0.717, 1.165) is 5.56 Å². The zero-order chi connectivity index (χ0) is 15.6. The van der Waals surface area contributed by atoms with Crippen LogP contribution in [0.15, 0.2) is 18.2 Å². The summed E-state index contributed by atoms with van der Waals surface area (Å²) in [6.45, 7) is 3.02. The van der Waals surface area contributed by atoms with E-state index in [1.807, 2.05) is 24.9 Å². The van der Waals surface area contributed by atoms with Crippen molar-refractivity contribution < 1.29 is 9.59 Å². The van der Waals surface area contributed by atoms with Crippen molar-refractivity contribution in [3.05, 3.63) is 33.8 Å². The van der Waals surface area contributed by atoms with Crippen molar-refractivity contribution in [1.29, 1.82) is 0 Å². The summed E-state index contributed by atoms with van der Waals surface area (Å²) in [5.74, 6) is -0.218. The molecule has 1 N–H and O–H groups in total. The van der Waals surface area contributed by atoms with Gasteiger partial charge in [0.05, 0.1) is 6.54 Å². The Balaban J connectivity index is 2.03. The van der Waals surface area contributed by atoms with Crippen LogP contribution in [0, 0.1) is 0 Å². The zero-order valence-electron chi connectivity index (χ0n) is 11.9. The Morgan fingerprint density at radius 3 is 2.76 bits per heavy atom. The lowest BCUT2D eigenvalue weighted by Crippen LogP contribution is -2.41. The number of imide groups is 1. The van der Waals surface area contributed by atoms with Crippen molar-refractivity contribution in [3.8, 4) is 0 Å². The Kier molecular flexibility index (Phi) is 5.08. The number of halogens is 2. The molecule has 0 aliphatic carbocycles. The summed E-state index contributed by atoms with van der Waals surface area (Å²) >= 11 is 12.1. The summed E-state index contributed by atoms with van der Waals surface area (Å²) in [5.41, 5.74) is 0.891. The molecule has 0 radical (unpaired) electrons. The summed E-state index contributed by atoms with van der Waals surface area (Å²) in [7, 11) is 1.82. The molecule has 1 saturated heterocycles. The molecule has 1 fully saturated rings. The molecule has 1 heterocycles. The number of likely N-dealkylation sites (N-methyl/N-ethyl adjacent to an activating group) is 1. The van der Waals surface area contributed by atoms with Gasteiger partial charge in [-0.1, -0.05) is 29.3 Å². The normalized spacial score (nSPS) is 16.2. The fourth-order valence-corrected chi connectivity index (χ4v) is 2.79. The molecule has 2 rings (SSSR count). The molecule has 1 atom stereocenters. The quantitative estimate of drug-likeness (QED) is 0.923. The van der Waals surface area contributed by atoms with Crippen LogP contribution in [0.3, 0.4) is 0 Å². The largest absolute Gasteiger partial charge is 0.336 e. The number of nitrogens with zero attached hydrogens (tertiary/aromatic N) is 2. The highest BCUT2D eigenvalue weighted by Gasteiger charge is 2.28. The van der Waals surface area contributed by atoms with Crippen LogP contribution in [0.5, 0.6) is 0 Å². The van der Waals surface area contributed by atoms with Crippen LogP contribution >= 0.6 is 23.2 Å². The summed E-state index contributed by atoms with van der Waals surface area (Å²) in [6.07, 6.45) is 0. The van der Waals surface area contributed by atoms with Gasteiger partial charge in [0.1, 0.15) is 0 Å². The number of amides is 3. The number of rotatable bonds is 4. The van der Waals surface area contributed by atoms with E-state index in [1.165, 1.54) is 4.90 Å². The van der Waals surface area contributed by atoms with E-state index < -0.39 is 0 Å². The smallest absolute Gasteiger partial charge is 0.324 e. The van der Waals surface area contributed by atoms with Gasteiger partial charge in [-0.25, -0.2) is 4.79 Å². The Bertz CT molecular complexity index is 565. The lowest BCUT2D eigenvalue weighted by molar-refractivity contribution is -0.128. The van der Waals surface area contributed by atoms with Gasteiger partial charge in [-0.05, 0) is 31.7 Å². The maximum absolute atomic E-state index is 12.1. The van der Waals surface area contributed by atoms with Gasteiger partial charge in [0.15, 0.2) is 0 Å². The molecule has 7 heteroatoms. The fraction of sp³-hybridized carbons (Fsp3) is 0.429. The van der Waals surface area contributed by atoms with E-state index in [0.29, 0.717) is 23.1 Å². The standard InChI is InChI=1S/C14H17Cl2N3O2/c1-9(11-4-3-10(15)7-12(11)16)18(2)8-13(20)19-6-5-17-14(19)21/h3-4,7,9H,5-6,8H2,1-2H3,(H,17,21). The maximum Gasteiger partial charge on any atom is 0.324 e. The highest BCUT2D eigenvalue weighted by atomic mass is 35.5. The number of carbonyl (C=O) groups is 2. The minimum absolute atomic E-state index is 0.0654. The number of urea groups is 1. The van der Waals surface area contributed by atoms with Gasteiger partial charge >= 0.3 is 6.03 Å². The average Bonchev–Trinajstić information content (AvgIpc) is 2.84. The first kappa shape index (κ1) is 16.1. The third-order valence-corrected chi connectivity index (χ3v) is 4.18. The minimum Gasteiger partial charge on any atom is -0.336 e. The molecule has 1 unspecified atom stereocenters. The monoisotopic (exact) mass is 329 g/mol. The molecule has 1 aromatic carbocycles. The van der Waals surface area contributed by atoms with Gasteiger partial charge in [-0.15, -0.1) is 0 Å². The Labute approximate surface area is 133 Å². The summed E-state index contributed by atoms with van der Waals surface area (Å²) in [4.78, 5) is 26.7. The molecule has 0 spiro atoms. The second kappa shape index (κ2) is 6.64. The minimum atomic E-state index is -0.328. The van der Waals surface area contributed by atoms with Crippen LogP contribution in [0.4, 0.5) is 4.79 Å². The van der Waals surface area contributed by atoms with E-state index in [-0.39, 0.29) is 24.5 Å². The third-order valence-electron chi connectivity index (χ3n) is 3.62. The maximum atomic E-state index is 12.1. The highest BCUT2D eigenvalue weighted by Crippen LogP contribution is 2.28. The van der Waals surface area contributed by atoms with Crippen molar-refractivity contribution in [2.24, 2.45) is 0 Å². The third kappa shape index (κ3) is 3.67. The fourth-order valence-electron chi connectivity index (χ4n) is 2.22. The van der Waals surface area contributed by atoms with Gasteiger partial charge in [0, 0.05) is 29.2 Å². The number of carbonyl (C=O) groups excluding carboxylic acids is 2. The second-order valence-electron chi connectivity index (χ2n) is 5.03. The van der Waals surface area contributed by atoms with Crippen molar-refractivity contribution in [1.82, 2.24) is 15.1 Å². The molecule has 0 aromatic heterocycles. The Hall–Kier alpha value is -1.30. The number of hydrogen-bond acceptors (Lipinski definition) is 3. The Morgan fingerprint density at radius 2 is 2.19 bits per heavy atom. The molecular weight excluding hydrogens is 313 g/mol. The predicted octanol–water partition coefficient (Wildman–Crippen LogP) is 2.54. The number of benzene rings is 1. The van der Waals surface area contributed by atoms with E-state index in [9.17, 15) is 9.59 Å². The topological polar surface area (TPSA) is 52.7 Å². The average molecular weight is 330 g/mol. The zero-order valence-corrected chi connectivity index (χ0v) is 13.4. The molecule has 114 valence electrons. The number of nitrogens with one attached hydrogen (secondary N) is 1. The highest BCUT2D eigenvalue weighted by molar-refractivity contribution is 6.35. The molecule has 3 amide bonds. The number of hydrogen-bond donors (Lipinski definition) is 1. The van der Waals surface area contributed by atoms with E-state index >= 15 is 0 Å². The summed E-state index contributed by atoms with van der Waals surface area (Å²) in [5, 5.41) is 3.75. The first-order valence-corrected chi connectivity index (χ1v) is 7.39. The van der Waals surface area contributed by atoms with Crippen molar-refractivity contribution >= 4 is 35.1 Å². The van der Waals surface area contributed by atoms with Gasteiger partial charge in [0.2, 0.25) is 5.91 Å². The van der Waals surface area contributed by atoms with Crippen LogP contribution < -0.4 is 5.32 Å². The van der Waals surface area contributed by atoms with Crippen molar-refractivity contribution in [2.45, 2.75) is 13.0 Å². The van der Waals surface area contributed by atoms with Gasteiger partial charge < -0.3 is 5.32 Å². The lowest BCUT2D eigenvalue weighted by Gasteiger charge is -2.26. The van der Waals surface area contributed by atoms with Gasteiger partial charge in [-0.3, -0.25) is 14.6 Å². The summed E-state index contributed by atoms with van der Waals surface area (Å²) in [6, 6.07) is 4.90. The SMILES string of the molecule is CC(c1ccc(Cl)cc1Cl)N(C)CC(=O)N1CCNC1=O. The van der Waals surface area contributed by atoms with Crippen LogP contribution in [0.2, 0.25) is 10.0 Å². The first-order valence-electron chi connectivity index (χ1n) is 6.63. The molecule has 5 nitrogen and oxygen atoms in total. The summed E-state index contributed by atoms with van der Waals surface area (Å²) < 4.78 is 0. The van der Waals surface area contributed by atoms with Crippen LogP contribution in [0.1, 0.15) is 18.5 Å². The van der Waals surface area contributed by atoms with E-state index in [1.54, 1.807) is 12.1 Å². The van der Waals surface area contributed by atoms with E-state index in [4.69, 9.17) is 23.2 Å². The second-order valence-corrected chi connectivity index (χ2v) is 5.88. The molecule has 21 heavy (non-hydrogen) atoms. The van der Waals surface area contributed by atoms with Gasteiger partial charge in [0.25, 0.3) is 0 Å². The molecule has 0 saturated carbocycles. The lowest BCUT2D eigenvalue weighted by atomic mass is 10.1. The molecular formula is C14H17Cl2N3O2. The van der Waals surface area contributed by atoms with Crippen molar-refractivity contribution in [3.63, 3.8) is 0 Å². The molecule has 1 aromatic rings. The Morgan fingerprint density at radius 1 is 1.48 bits per heavy atom. The van der Waals surface area contributed by atoms with Crippen LogP contribution in [0.25, 0.3) is 0 Å². The van der Waals surface area contributed by atoms with Crippen molar-refractivity contribution in [2.75, 3.05) is 26.7 Å². The van der Waals surface area contributed by atoms with Crippen LogP contribution in [-0.2, 0) is 4.79 Å². The van der Waals surface area contributed by atoms with Gasteiger partial charge in [-0.2, -0.15) is 0 Å².